The maximum atomic E-state index is 11.8. The molecule has 1 aromatic heterocycles. The molecule has 0 aliphatic carbocycles. The summed E-state index contributed by atoms with van der Waals surface area (Å²) in [5.74, 6) is 0.338. The van der Waals surface area contributed by atoms with Crippen LogP contribution in [0.5, 0.6) is 0 Å². The molecule has 0 saturated carbocycles. The molecule has 2 heterocycles. The summed E-state index contributed by atoms with van der Waals surface area (Å²) in [5, 5.41) is 1.97. The number of hydrogen-bond donors (Lipinski definition) is 1. The van der Waals surface area contributed by atoms with Crippen LogP contribution in [0.1, 0.15) is 29.9 Å². The van der Waals surface area contributed by atoms with Crippen LogP contribution in [0.15, 0.2) is 12.4 Å². The van der Waals surface area contributed by atoms with Crippen LogP contribution in [0.25, 0.3) is 0 Å². The second-order valence-electron chi connectivity index (χ2n) is 3.85. The fourth-order valence-electron chi connectivity index (χ4n) is 1.78. The lowest BCUT2D eigenvalue weighted by molar-refractivity contribution is 0.0736. The van der Waals surface area contributed by atoms with Crippen molar-refractivity contribution >= 4 is 5.91 Å². The molecule has 0 radical (unpaired) electrons. The predicted molar refractivity (Wildman–Crippen MR) is 56.1 cm³/mol. The van der Waals surface area contributed by atoms with Gasteiger partial charge in [-0.25, -0.2) is 9.99 Å². The van der Waals surface area contributed by atoms with Gasteiger partial charge in [-0.1, -0.05) is 6.42 Å². The molecule has 1 aliphatic heterocycles. The summed E-state index contributed by atoms with van der Waals surface area (Å²) in [7, 11) is 1.82. The van der Waals surface area contributed by atoms with Crippen molar-refractivity contribution in [2.75, 3.05) is 13.1 Å². The third-order valence-electron chi connectivity index (χ3n) is 2.64. The van der Waals surface area contributed by atoms with Crippen LogP contribution >= 0.6 is 0 Å². The minimum absolute atomic E-state index is 0.121. The highest BCUT2D eigenvalue weighted by atomic mass is 16.2. The van der Waals surface area contributed by atoms with Gasteiger partial charge in [-0.15, -0.1) is 0 Å². The van der Waals surface area contributed by atoms with E-state index < -0.39 is 0 Å². The maximum absolute atomic E-state index is 11.8. The third-order valence-corrected chi connectivity index (χ3v) is 2.64. The normalized spacial score (nSPS) is 17.7. The number of hydrazine groups is 1. The van der Waals surface area contributed by atoms with Gasteiger partial charge in [0.2, 0.25) is 0 Å². The number of carbonyl (C=O) groups is 1. The summed E-state index contributed by atoms with van der Waals surface area (Å²) in [6, 6.07) is 0. The number of imidazole rings is 1. The smallest absolute Gasteiger partial charge is 0.301 e. The molecule has 2 rings (SSSR count). The van der Waals surface area contributed by atoms with Gasteiger partial charge in [-0.3, -0.25) is 10.2 Å². The molecule has 1 fully saturated rings. The van der Waals surface area contributed by atoms with Crippen molar-refractivity contribution in [3.8, 4) is 0 Å². The lowest BCUT2D eigenvalue weighted by Crippen LogP contribution is -2.45. The second-order valence-corrected chi connectivity index (χ2v) is 3.85. The number of aryl methyl sites for hydroxylation is 1. The van der Waals surface area contributed by atoms with E-state index in [0.29, 0.717) is 5.82 Å². The Hall–Kier alpha value is -1.36. The number of carbonyl (C=O) groups excluding carboxylic acids is 1. The Kier molecular flexibility index (Phi) is 3.01. The Labute approximate surface area is 89.1 Å². The minimum Gasteiger partial charge on any atom is -0.330 e. The molecule has 0 aromatic carbocycles. The van der Waals surface area contributed by atoms with E-state index >= 15 is 0 Å². The van der Waals surface area contributed by atoms with Crippen LogP contribution in [0.2, 0.25) is 0 Å². The quantitative estimate of drug-likeness (QED) is 0.772. The number of amides is 1. The summed E-state index contributed by atoms with van der Waals surface area (Å²) in [5.41, 5.74) is 2.87. The van der Waals surface area contributed by atoms with Crippen molar-refractivity contribution in [2.45, 2.75) is 19.3 Å². The highest BCUT2D eigenvalue weighted by Gasteiger charge is 2.16. The average Bonchev–Trinajstić information content (AvgIpc) is 2.66. The maximum Gasteiger partial charge on any atom is 0.301 e. The van der Waals surface area contributed by atoms with Gasteiger partial charge in [-0.2, -0.15) is 0 Å². The van der Waals surface area contributed by atoms with E-state index in [-0.39, 0.29) is 5.91 Å². The summed E-state index contributed by atoms with van der Waals surface area (Å²) >= 11 is 0. The topological polar surface area (TPSA) is 50.2 Å². The highest BCUT2D eigenvalue weighted by molar-refractivity contribution is 5.90. The van der Waals surface area contributed by atoms with E-state index in [1.54, 1.807) is 17.0 Å². The minimum atomic E-state index is -0.121. The third kappa shape index (κ3) is 2.36. The van der Waals surface area contributed by atoms with E-state index in [4.69, 9.17) is 0 Å². The lowest BCUT2D eigenvalue weighted by atomic mass is 10.2. The number of hydrogen-bond acceptors (Lipinski definition) is 3. The molecule has 0 spiro atoms. The first kappa shape index (κ1) is 10.2. The zero-order valence-electron chi connectivity index (χ0n) is 8.94. The van der Waals surface area contributed by atoms with Crippen LogP contribution < -0.4 is 5.43 Å². The summed E-state index contributed by atoms with van der Waals surface area (Å²) in [6.07, 6.45) is 6.96. The van der Waals surface area contributed by atoms with Crippen molar-refractivity contribution in [3.05, 3.63) is 18.2 Å². The van der Waals surface area contributed by atoms with Crippen molar-refractivity contribution < 1.29 is 4.79 Å². The zero-order chi connectivity index (χ0) is 10.7. The Bertz CT molecular complexity index is 341. The SMILES string of the molecule is Cn1ccnc1C(=O)NN1CCCCC1. The van der Waals surface area contributed by atoms with Crippen molar-refractivity contribution in [2.24, 2.45) is 7.05 Å². The van der Waals surface area contributed by atoms with Gasteiger partial charge in [0, 0.05) is 32.5 Å². The molecule has 1 aliphatic rings. The largest absolute Gasteiger partial charge is 0.330 e. The van der Waals surface area contributed by atoms with Crippen LogP contribution in [0.3, 0.4) is 0 Å². The second kappa shape index (κ2) is 4.44. The van der Waals surface area contributed by atoms with Crippen LogP contribution in [-0.4, -0.2) is 33.6 Å². The van der Waals surface area contributed by atoms with Gasteiger partial charge in [0.25, 0.3) is 0 Å². The van der Waals surface area contributed by atoms with Gasteiger partial charge >= 0.3 is 5.91 Å². The van der Waals surface area contributed by atoms with Gasteiger partial charge in [0.1, 0.15) is 0 Å². The number of piperidine rings is 1. The zero-order valence-corrected chi connectivity index (χ0v) is 8.94. The molecule has 82 valence electrons. The van der Waals surface area contributed by atoms with Gasteiger partial charge in [-0.05, 0) is 12.8 Å². The molecule has 1 N–H and O–H groups in total. The van der Waals surface area contributed by atoms with Gasteiger partial charge < -0.3 is 4.57 Å². The highest BCUT2D eigenvalue weighted by Crippen LogP contribution is 2.06. The van der Waals surface area contributed by atoms with Crippen molar-refractivity contribution in [1.29, 1.82) is 0 Å². The van der Waals surface area contributed by atoms with Gasteiger partial charge in [0.05, 0.1) is 0 Å². The van der Waals surface area contributed by atoms with Crippen LogP contribution in [-0.2, 0) is 7.05 Å². The number of nitrogens with zero attached hydrogens (tertiary/aromatic N) is 3. The molecule has 1 amide bonds. The fraction of sp³-hybridized carbons (Fsp3) is 0.600. The fourth-order valence-corrected chi connectivity index (χ4v) is 1.78. The molecule has 1 saturated heterocycles. The molecular formula is C10H16N4O. The van der Waals surface area contributed by atoms with Gasteiger partial charge in [0.15, 0.2) is 5.82 Å². The van der Waals surface area contributed by atoms with Crippen molar-refractivity contribution in [1.82, 2.24) is 20.0 Å². The first-order valence-electron chi connectivity index (χ1n) is 5.30. The summed E-state index contributed by atoms with van der Waals surface area (Å²) < 4.78 is 1.72. The first-order valence-corrected chi connectivity index (χ1v) is 5.30. The first-order chi connectivity index (χ1) is 7.27. The van der Waals surface area contributed by atoms with Crippen LogP contribution in [0.4, 0.5) is 0 Å². The Morgan fingerprint density at radius 1 is 1.40 bits per heavy atom. The average molecular weight is 208 g/mol. The molecule has 0 unspecified atom stereocenters. The number of aromatic nitrogens is 2. The number of nitrogens with one attached hydrogen (secondary N) is 1. The summed E-state index contributed by atoms with van der Waals surface area (Å²) in [4.78, 5) is 15.8. The Balaban J connectivity index is 1.94. The van der Waals surface area contributed by atoms with Crippen LogP contribution in [0, 0.1) is 0 Å². The molecule has 15 heavy (non-hydrogen) atoms. The van der Waals surface area contributed by atoms with E-state index in [1.807, 2.05) is 12.1 Å². The molecule has 0 bridgehead atoms. The van der Waals surface area contributed by atoms with Crippen molar-refractivity contribution in [3.63, 3.8) is 0 Å². The van der Waals surface area contributed by atoms with E-state index in [1.165, 1.54) is 6.42 Å². The van der Waals surface area contributed by atoms with E-state index in [9.17, 15) is 4.79 Å². The molecule has 0 atom stereocenters. The monoisotopic (exact) mass is 208 g/mol. The lowest BCUT2D eigenvalue weighted by Gasteiger charge is -2.26. The van der Waals surface area contributed by atoms with E-state index in [0.717, 1.165) is 25.9 Å². The predicted octanol–water partition coefficient (Wildman–Crippen LogP) is 0.551. The molecule has 5 heteroatoms. The molecular weight excluding hydrogens is 192 g/mol. The Morgan fingerprint density at radius 3 is 2.73 bits per heavy atom. The molecule has 1 aromatic rings. The standard InChI is InChI=1S/C10H16N4O/c1-13-8-5-11-9(13)10(15)12-14-6-3-2-4-7-14/h5,8H,2-4,6-7H2,1H3,(H,12,15). The summed E-state index contributed by atoms with van der Waals surface area (Å²) in [6.45, 7) is 1.88. The number of rotatable bonds is 2. The van der Waals surface area contributed by atoms with E-state index in [2.05, 4.69) is 10.4 Å². The molecule has 5 nitrogen and oxygen atoms in total. The Morgan fingerprint density at radius 2 is 2.13 bits per heavy atom.